The molecule has 7 atom stereocenters. The molecule has 2 aromatic carbocycles. The Morgan fingerprint density at radius 2 is 1.86 bits per heavy atom. The van der Waals surface area contributed by atoms with Gasteiger partial charge in [-0.2, -0.15) is 0 Å². The third-order valence-corrected chi connectivity index (χ3v) is 10.0. The minimum absolute atomic E-state index is 0.0412. The van der Waals surface area contributed by atoms with Gasteiger partial charge >= 0.3 is 5.97 Å². The van der Waals surface area contributed by atoms with Gasteiger partial charge in [-0.15, -0.1) is 13.2 Å². The van der Waals surface area contributed by atoms with E-state index in [1.807, 2.05) is 44.2 Å². The molecule has 2 bridgehead atoms. The molecule has 5 rings (SSSR count). The lowest BCUT2D eigenvalue weighted by atomic mass is 9.70. The van der Waals surface area contributed by atoms with Crippen LogP contribution >= 0.6 is 11.6 Å². The number of aliphatic hydroxyl groups excluding tert-OH is 1. The van der Waals surface area contributed by atoms with E-state index in [4.69, 9.17) is 21.1 Å². The van der Waals surface area contributed by atoms with Gasteiger partial charge in [0.1, 0.15) is 17.7 Å². The summed E-state index contributed by atoms with van der Waals surface area (Å²) in [5, 5.41) is 14.0. The number of halogens is 1. The molecule has 2 aromatic rings. The molecule has 3 heterocycles. The maximum Gasteiger partial charge on any atom is 0.313 e. The normalized spacial score (nSPS) is 25.1. The summed E-state index contributed by atoms with van der Waals surface area (Å²) in [5.74, 6) is -3.51. The Hall–Kier alpha value is -3.99. The number of allylic oxidation sites excluding steroid dienone is 1. The quantitative estimate of drug-likeness (QED) is 0.187. The molecular formula is C38H46ClN3O7. The number of ether oxygens (including phenoxy) is 2. The highest BCUT2D eigenvalue weighted by molar-refractivity contribution is 6.30. The molecular weight excluding hydrogens is 646 g/mol. The fraction of sp³-hybridized carbons (Fsp3) is 0.474. The fourth-order valence-electron chi connectivity index (χ4n) is 7.71. The van der Waals surface area contributed by atoms with E-state index in [1.54, 1.807) is 36.4 Å². The third-order valence-electron chi connectivity index (χ3n) is 9.80. The second kappa shape index (κ2) is 15.7. The molecule has 10 nitrogen and oxygen atoms in total. The monoisotopic (exact) mass is 691 g/mol. The summed E-state index contributed by atoms with van der Waals surface area (Å²) < 4.78 is 12.8. The molecule has 0 saturated carbocycles. The number of hydrogen-bond donors (Lipinski definition) is 2. The molecule has 3 aliphatic heterocycles. The predicted molar refractivity (Wildman–Crippen MR) is 186 cm³/mol. The molecule has 49 heavy (non-hydrogen) atoms. The van der Waals surface area contributed by atoms with Crippen molar-refractivity contribution in [2.24, 2.45) is 17.8 Å². The van der Waals surface area contributed by atoms with Gasteiger partial charge in [-0.1, -0.05) is 67.9 Å². The summed E-state index contributed by atoms with van der Waals surface area (Å²) in [6.07, 6.45) is 3.85. The molecule has 0 aliphatic carbocycles. The molecule has 3 fully saturated rings. The molecule has 3 saturated heterocycles. The van der Waals surface area contributed by atoms with Crippen LogP contribution in [0.5, 0.6) is 0 Å². The molecule has 262 valence electrons. The lowest BCUT2D eigenvalue weighted by Gasteiger charge is -2.39. The van der Waals surface area contributed by atoms with E-state index in [0.29, 0.717) is 42.0 Å². The van der Waals surface area contributed by atoms with Crippen LogP contribution < -0.4 is 10.2 Å². The molecule has 1 spiro atoms. The molecule has 0 radical (unpaired) electrons. The number of hydrogen-bond acceptors (Lipinski definition) is 7. The fourth-order valence-corrected chi connectivity index (χ4v) is 7.84. The van der Waals surface area contributed by atoms with Crippen molar-refractivity contribution in [1.82, 2.24) is 10.2 Å². The second-order valence-corrected chi connectivity index (χ2v) is 13.9. The number of esters is 1. The van der Waals surface area contributed by atoms with E-state index in [-0.39, 0.29) is 43.8 Å². The first-order valence-corrected chi connectivity index (χ1v) is 17.4. The van der Waals surface area contributed by atoms with Crippen molar-refractivity contribution in [3.05, 3.63) is 90.5 Å². The average molecular weight is 692 g/mol. The van der Waals surface area contributed by atoms with E-state index in [0.717, 1.165) is 0 Å². The number of amides is 3. The summed E-state index contributed by atoms with van der Waals surface area (Å²) in [7, 11) is 0. The van der Waals surface area contributed by atoms with Gasteiger partial charge in [0.2, 0.25) is 11.8 Å². The number of aliphatic hydroxyl groups is 1. The van der Waals surface area contributed by atoms with Crippen molar-refractivity contribution >= 4 is 41.0 Å². The zero-order valence-electron chi connectivity index (χ0n) is 28.1. The van der Waals surface area contributed by atoms with Gasteiger partial charge in [0.15, 0.2) is 0 Å². The van der Waals surface area contributed by atoms with E-state index in [9.17, 15) is 24.3 Å². The van der Waals surface area contributed by atoms with Gasteiger partial charge in [-0.25, -0.2) is 0 Å². The number of anilines is 1. The average Bonchev–Trinajstić information content (AvgIpc) is 3.74. The molecule has 11 heteroatoms. The summed E-state index contributed by atoms with van der Waals surface area (Å²) >= 11 is 6.16. The van der Waals surface area contributed by atoms with Crippen LogP contribution in [0, 0.1) is 17.8 Å². The Bertz CT molecular complexity index is 1530. The number of carbonyl (C=O) groups is 4. The topological polar surface area (TPSA) is 125 Å². The summed E-state index contributed by atoms with van der Waals surface area (Å²) in [4.78, 5) is 59.2. The third kappa shape index (κ3) is 7.32. The van der Waals surface area contributed by atoms with Crippen molar-refractivity contribution < 1.29 is 33.8 Å². The maximum atomic E-state index is 14.8. The van der Waals surface area contributed by atoms with Crippen LogP contribution in [-0.4, -0.2) is 77.2 Å². The van der Waals surface area contributed by atoms with E-state index >= 15 is 0 Å². The number of rotatable bonds is 16. The Morgan fingerprint density at radius 1 is 1.14 bits per heavy atom. The summed E-state index contributed by atoms with van der Waals surface area (Å²) in [6.45, 7) is 11.3. The van der Waals surface area contributed by atoms with Gasteiger partial charge in [0.25, 0.3) is 5.91 Å². The largest absolute Gasteiger partial charge is 0.455 e. The lowest BCUT2D eigenvalue weighted by Crippen LogP contribution is -2.59. The Morgan fingerprint density at radius 3 is 2.49 bits per heavy atom. The minimum Gasteiger partial charge on any atom is -0.455 e. The predicted octanol–water partition coefficient (Wildman–Crippen LogP) is 5.01. The Balaban J connectivity index is 1.50. The maximum absolute atomic E-state index is 14.8. The minimum atomic E-state index is -1.31. The zero-order valence-corrected chi connectivity index (χ0v) is 28.9. The van der Waals surface area contributed by atoms with Crippen LogP contribution in [0.2, 0.25) is 5.02 Å². The van der Waals surface area contributed by atoms with Gasteiger partial charge < -0.3 is 29.7 Å². The number of likely N-dealkylation sites (tertiary alicyclic amines) is 1. The highest BCUT2D eigenvalue weighted by Gasteiger charge is 2.75. The smallest absolute Gasteiger partial charge is 0.313 e. The number of fused-ring (bicyclic) bond motifs is 1. The highest BCUT2D eigenvalue weighted by Crippen LogP contribution is 2.59. The SMILES string of the molecule is C=CCCC(=O)NC[C@@H](OC(=O)[C@@H]1[C@@H]2CC[C@]3(O2)[C@H](C(=O)N(CC=C)c2ccc(Cl)cc2)N([C@@H](CO)CC(C)C)C(=O)[C@@H]13)c1ccccc1. The Labute approximate surface area is 293 Å². The number of benzene rings is 2. The molecule has 3 amide bonds. The van der Waals surface area contributed by atoms with E-state index in [2.05, 4.69) is 18.5 Å². The number of nitrogens with one attached hydrogen (secondary N) is 1. The number of carbonyl (C=O) groups excluding carboxylic acids is 4. The van der Waals surface area contributed by atoms with Crippen LogP contribution in [0.4, 0.5) is 5.69 Å². The standard InChI is InChI=1S/C38H46ClN3O7/c1-5-7-13-31(44)40-22-30(25-11-9-8-10-12-25)48-37(47)32-29-18-19-38(49-29)33(32)35(45)42(28(23-43)21-24(3)4)34(38)36(46)41(20-6-2)27-16-14-26(39)15-17-27/h5-6,8-12,14-17,24,28-30,32-34,43H,1-2,7,13,18-23H2,3-4H3,(H,40,44)/t28-,29+,30-,32-,33-,34+,38-/m1/s1. The van der Waals surface area contributed by atoms with Crippen LogP contribution in [0.3, 0.4) is 0 Å². The van der Waals surface area contributed by atoms with Crippen molar-refractivity contribution in [2.75, 3.05) is 24.6 Å². The summed E-state index contributed by atoms with van der Waals surface area (Å²) in [6, 6.07) is 14.1. The highest BCUT2D eigenvalue weighted by atomic mass is 35.5. The van der Waals surface area contributed by atoms with Gasteiger partial charge in [0.05, 0.1) is 37.1 Å². The van der Waals surface area contributed by atoms with Gasteiger partial charge in [-0.05, 0) is 61.4 Å². The van der Waals surface area contributed by atoms with Crippen LogP contribution in [0.15, 0.2) is 79.9 Å². The molecule has 2 N–H and O–H groups in total. The molecule has 0 aromatic heterocycles. The first-order valence-electron chi connectivity index (χ1n) is 17.0. The summed E-state index contributed by atoms with van der Waals surface area (Å²) in [5.41, 5.74) is -0.0541. The first kappa shape index (κ1) is 36.3. The van der Waals surface area contributed by atoms with Gasteiger partial charge in [-0.3, -0.25) is 19.2 Å². The van der Waals surface area contributed by atoms with Crippen LogP contribution in [-0.2, 0) is 28.7 Å². The van der Waals surface area contributed by atoms with Gasteiger partial charge in [0, 0.05) is 23.7 Å². The van der Waals surface area contributed by atoms with Crippen LogP contribution in [0.25, 0.3) is 0 Å². The van der Waals surface area contributed by atoms with Crippen molar-refractivity contribution in [1.29, 1.82) is 0 Å². The van der Waals surface area contributed by atoms with Crippen LogP contribution in [0.1, 0.15) is 57.6 Å². The molecule has 0 unspecified atom stereocenters. The lowest BCUT2D eigenvalue weighted by molar-refractivity contribution is -0.161. The van der Waals surface area contributed by atoms with Crippen molar-refractivity contribution in [3.8, 4) is 0 Å². The molecule has 3 aliphatic rings. The van der Waals surface area contributed by atoms with E-state index < -0.39 is 53.6 Å². The van der Waals surface area contributed by atoms with E-state index in [1.165, 1.54) is 9.80 Å². The first-order chi connectivity index (χ1) is 23.6. The van der Waals surface area contributed by atoms with Crippen molar-refractivity contribution in [2.45, 2.75) is 75.8 Å². The zero-order chi connectivity index (χ0) is 35.3. The Kier molecular flexibility index (Phi) is 11.6. The number of nitrogens with zero attached hydrogens (tertiary/aromatic N) is 2. The second-order valence-electron chi connectivity index (χ2n) is 13.4. The van der Waals surface area contributed by atoms with Crippen molar-refractivity contribution in [3.63, 3.8) is 0 Å².